The van der Waals surface area contributed by atoms with Crippen LogP contribution in [0.4, 0.5) is 0 Å². The second-order valence-corrected chi connectivity index (χ2v) is 6.70. The van der Waals surface area contributed by atoms with Crippen molar-refractivity contribution in [3.63, 3.8) is 0 Å². The van der Waals surface area contributed by atoms with Crippen LogP contribution in [-0.2, 0) is 17.8 Å². The van der Waals surface area contributed by atoms with E-state index < -0.39 is 0 Å². The molecule has 124 valence electrons. The second kappa shape index (κ2) is 7.02. The molecule has 0 aromatic heterocycles. The highest BCUT2D eigenvalue weighted by atomic mass is 16.2. The number of guanidine groups is 1. The maximum absolute atomic E-state index is 12.4. The number of amides is 1. The van der Waals surface area contributed by atoms with Crippen LogP contribution in [0.2, 0.25) is 0 Å². The Morgan fingerprint density at radius 3 is 2.83 bits per heavy atom. The largest absolute Gasteiger partial charge is 0.370 e. The van der Waals surface area contributed by atoms with E-state index in [9.17, 15) is 4.79 Å². The summed E-state index contributed by atoms with van der Waals surface area (Å²) in [6.07, 6.45) is 3.31. The quantitative estimate of drug-likeness (QED) is 0.666. The third kappa shape index (κ3) is 3.84. The molecule has 2 aliphatic rings. The van der Waals surface area contributed by atoms with Gasteiger partial charge in [0.05, 0.1) is 0 Å². The molecule has 1 fully saturated rings. The SMILES string of the molecule is CC1CCCN(C(N)=NCC(=O)N2CCc3ccccc3C2)C1. The van der Waals surface area contributed by atoms with Crippen molar-refractivity contribution in [3.8, 4) is 0 Å². The standard InChI is InChI=1S/C18H26N4O/c1-14-5-4-9-22(12-14)18(19)20-11-17(23)21-10-8-15-6-2-3-7-16(15)13-21/h2-3,6-7,14H,4-5,8-13H2,1H3,(H2,19,20). The molecule has 0 radical (unpaired) electrons. The molecule has 2 aliphatic heterocycles. The Morgan fingerprint density at radius 1 is 1.26 bits per heavy atom. The fourth-order valence-corrected chi connectivity index (χ4v) is 3.45. The second-order valence-electron chi connectivity index (χ2n) is 6.70. The van der Waals surface area contributed by atoms with E-state index in [4.69, 9.17) is 5.73 Å². The number of hydrogen-bond donors (Lipinski definition) is 1. The molecule has 2 heterocycles. The average Bonchev–Trinajstić information content (AvgIpc) is 2.59. The lowest BCUT2D eigenvalue weighted by atomic mass is 10.00. The van der Waals surface area contributed by atoms with Gasteiger partial charge in [0.1, 0.15) is 6.54 Å². The molecule has 3 rings (SSSR count). The number of nitrogens with zero attached hydrogens (tertiary/aromatic N) is 3. The van der Waals surface area contributed by atoms with Gasteiger partial charge in [0.2, 0.25) is 5.91 Å². The lowest BCUT2D eigenvalue weighted by molar-refractivity contribution is -0.130. The summed E-state index contributed by atoms with van der Waals surface area (Å²) in [5.41, 5.74) is 8.66. The molecular weight excluding hydrogens is 288 g/mol. The zero-order chi connectivity index (χ0) is 16.2. The van der Waals surface area contributed by atoms with Crippen LogP contribution in [0.1, 0.15) is 30.9 Å². The number of carbonyl (C=O) groups is 1. The van der Waals surface area contributed by atoms with E-state index in [0.717, 1.165) is 32.5 Å². The molecule has 2 N–H and O–H groups in total. The average molecular weight is 314 g/mol. The predicted octanol–water partition coefficient (Wildman–Crippen LogP) is 1.62. The minimum atomic E-state index is 0.0625. The molecule has 0 saturated carbocycles. The van der Waals surface area contributed by atoms with Gasteiger partial charge < -0.3 is 15.5 Å². The third-order valence-corrected chi connectivity index (χ3v) is 4.84. The number of fused-ring (bicyclic) bond motifs is 1. The smallest absolute Gasteiger partial charge is 0.244 e. The molecule has 1 atom stereocenters. The van der Waals surface area contributed by atoms with Crippen molar-refractivity contribution in [2.75, 3.05) is 26.2 Å². The molecule has 1 aromatic rings. The molecule has 5 nitrogen and oxygen atoms in total. The number of aliphatic imine (C=N–C) groups is 1. The normalized spacial score (nSPS) is 22.0. The first-order chi connectivity index (χ1) is 11.1. The van der Waals surface area contributed by atoms with Gasteiger partial charge in [0, 0.05) is 26.2 Å². The zero-order valence-electron chi connectivity index (χ0n) is 13.9. The summed E-state index contributed by atoms with van der Waals surface area (Å²) in [4.78, 5) is 20.7. The van der Waals surface area contributed by atoms with Gasteiger partial charge in [-0.05, 0) is 36.3 Å². The summed E-state index contributed by atoms with van der Waals surface area (Å²) in [7, 11) is 0. The summed E-state index contributed by atoms with van der Waals surface area (Å²) in [6, 6.07) is 8.33. The molecular formula is C18H26N4O. The molecule has 23 heavy (non-hydrogen) atoms. The molecule has 0 bridgehead atoms. The Morgan fingerprint density at radius 2 is 2.04 bits per heavy atom. The number of piperidine rings is 1. The number of nitrogens with two attached hydrogens (primary N) is 1. The number of benzene rings is 1. The first-order valence-electron chi connectivity index (χ1n) is 8.53. The van der Waals surface area contributed by atoms with Crippen LogP contribution >= 0.6 is 0 Å². The summed E-state index contributed by atoms with van der Waals surface area (Å²) in [6.45, 7) is 5.73. The number of rotatable bonds is 2. The van der Waals surface area contributed by atoms with Gasteiger partial charge >= 0.3 is 0 Å². The molecule has 1 amide bonds. The minimum absolute atomic E-state index is 0.0625. The summed E-state index contributed by atoms with van der Waals surface area (Å²) >= 11 is 0. The first-order valence-corrected chi connectivity index (χ1v) is 8.53. The van der Waals surface area contributed by atoms with Crippen LogP contribution in [-0.4, -0.2) is 47.8 Å². The summed E-state index contributed by atoms with van der Waals surface area (Å²) in [5.74, 6) is 1.22. The molecule has 5 heteroatoms. The van der Waals surface area contributed by atoms with Crippen molar-refractivity contribution in [1.82, 2.24) is 9.80 Å². The van der Waals surface area contributed by atoms with Crippen LogP contribution in [0.25, 0.3) is 0 Å². The Kier molecular flexibility index (Phi) is 4.84. The number of carbonyl (C=O) groups excluding carboxylic acids is 1. The van der Waals surface area contributed by atoms with Crippen LogP contribution in [0.15, 0.2) is 29.3 Å². The highest BCUT2D eigenvalue weighted by Gasteiger charge is 2.21. The number of likely N-dealkylation sites (tertiary alicyclic amines) is 1. The Balaban J connectivity index is 1.56. The monoisotopic (exact) mass is 314 g/mol. The number of hydrogen-bond acceptors (Lipinski definition) is 2. The fourth-order valence-electron chi connectivity index (χ4n) is 3.45. The van der Waals surface area contributed by atoms with Gasteiger partial charge in [0.25, 0.3) is 0 Å². The van der Waals surface area contributed by atoms with E-state index in [1.54, 1.807) is 0 Å². The van der Waals surface area contributed by atoms with Gasteiger partial charge in [-0.25, -0.2) is 4.99 Å². The topological polar surface area (TPSA) is 61.9 Å². The Hall–Kier alpha value is -2.04. The summed E-state index contributed by atoms with van der Waals surface area (Å²) < 4.78 is 0. The fraction of sp³-hybridized carbons (Fsp3) is 0.556. The maximum atomic E-state index is 12.4. The molecule has 1 saturated heterocycles. The lowest BCUT2D eigenvalue weighted by Gasteiger charge is -2.32. The zero-order valence-corrected chi connectivity index (χ0v) is 13.9. The van der Waals surface area contributed by atoms with E-state index in [-0.39, 0.29) is 12.5 Å². The van der Waals surface area contributed by atoms with E-state index in [0.29, 0.717) is 18.4 Å². The van der Waals surface area contributed by atoms with Crippen LogP contribution in [0.3, 0.4) is 0 Å². The van der Waals surface area contributed by atoms with Gasteiger partial charge in [-0.1, -0.05) is 31.2 Å². The van der Waals surface area contributed by atoms with Crippen LogP contribution in [0.5, 0.6) is 0 Å². The lowest BCUT2D eigenvalue weighted by Crippen LogP contribution is -2.44. The van der Waals surface area contributed by atoms with Gasteiger partial charge in [-0.2, -0.15) is 0 Å². The van der Waals surface area contributed by atoms with E-state index >= 15 is 0 Å². The van der Waals surface area contributed by atoms with Gasteiger partial charge in [-0.3, -0.25) is 4.79 Å². The third-order valence-electron chi connectivity index (χ3n) is 4.84. The summed E-state index contributed by atoms with van der Waals surface area (Å²) in [5, 5.41) is 0. The molecule has 1 aromatic carbocycles. The Labute approximate surface area is 138 Å². The highest BCUT2D eigenvalue weighted by molar-refractivity contribution is 5.84. The van der Waals surface area contributed by atoms with Crippen molar-refractivity contribution in [1.29, 1.82) is 0 Å². The van der Waals surface area contributed by atoms with Crippen molar-refractivity contribution in [2.45, 2.75) is 32.7 Å². The molecule has 0 aliphatic carbocycles. The van der Waals surface area contributed by atoms with Crippen molar-refractivity contribution >= 4 is 11.9 Å². The minimum Gasteiger partial charge on any atom is -0.370 e. The molecule has 1 unspecified atom stereocenters. The van der Waals surface area contributed by atoms with Gasteiger partial charge in [-0.15, -0.1) is 0 Å². The van der Waals surface area contributed by atoms with Gasteiger partial charge in [0.15, 0.2) is 5.96 Å². The van der Waals surface area contributed by atoms with Crippen LogP contribution < -0.4 is 5.73 Å². The maximum Gasteiger partial charge on any atom is 0.244 e. The van der Waals surface area contributed by atoms with Crippen molar-refractivity contribution < 1.29 is 4.79 Å². The van der Waals surface area contributed by atoms with E-state index in [1.165, 1.54) is 17.5 Å². The highest BCUT2D eigenvalue weighted by Crippen LogP contribution is 2.18. The van der Waals surface area contributed by atoms with Crippen molar-refractivity contribution in [3.05, 3.63) is 35.4 Å². The van der Waals surface area contributed by atoms with E-state index in [2.05, 4.69) is 35.0 Å². The predicted molar refractivity (Wildman–Crippen MR) is 92.0 cm³/mol. The van der Waals surface area contributed by atoms with E-state index in [1.807, 2.05) is 11.0 Å². The van der Waals surface area contributed by atoms with Crippen LogP contribution in [0, 0.1) is 5.92 Å². The Bertz CT molecular complexity index is 598. The molecule has 0 spiro atoms. The van der Waals surface area contributed by atoms with Crippen molar-refractivity contribution in [2.24, 2.45) is 16.6 Å². The first kappa shape index (κ1) is 15.8.